The first-order valence-electron chi connectivity index (χ1n) is 8.93. The summed E-state index contributed by atoms with van der Waals surface area (Å²) in [7, 11) is 0. The van der Waals surface area contributed by atoms with E-state index in [0.29, 0.717) is 5.57 Å². The lowest BCUT2D eigenvalue weighted by atomic mass is 10.0. The summed E-state index contributed by atoms with van der Waals surface area (Å²) in [5.41, 5.74) is 1.62. The molecule has 1 aliphatic heterocycles. The molecule has 1 fully saturated rings. The summed E-state index contributed by atoms with van der Waals surface area (Å²) in [6.07, 6.45) is 1.77. The van der Waals surface area contributed by atoms with Crippen LogP contribution in [0.5, 0.6) is 0 Å². The lowest BCUT2D eigenvalue weighted by Crippen LogP contribution is -2.69. The van der Waals surface area contributed by atoms with Gasteiger partial charge in [-0.2, -0.15) is 0 Å². The molecule has 2 rings (SSSR count). The summed E-state index contributed by atoms with van der Waals surface area (Å²) in [5, 5.41) is 2.07. The normalized spacial score (nSPS) is 17.8. The lowest BCUT2D eigenvalue weighted by Gasteiger charge is -2.46. The third-order valence-electron chi connectivity index (χ3n) is 4.13. The van der Waals surface area contributed by atoms with Gasteiger partial charge in [0.15, 0.2) is 6.61 Å². The zero-order valence-electron chi connectivity index (χ0n) is 16.8. The van der Waals surface area contributed by atoms with Crippen molar-refractivity contribution in [3.63, 3.8) is 0 Å². The standard InChI is InChI=1S/C20H24N2O6S/c1-12(2)17(20(26)28-10-14-8-6-5-7-9-14)22-18(25)16(19(22)29-4)21-15(24)11-27-13(3)23/h5-9,16,19H,10-11H2,1-4H3,(H,21,24)/t16-,19-/m0/s1. The van der Waals surface area contributed by atoms with E-state index in [2.05, 4.69) is 10.1 Å². The number of nitrogens with zero attached hydrogens (tertiary/aromatic N) is 1. The fraction of sp³-hybridized carbons (Fsp3) is 0.400. The summed E-state index contributed by atoms with van der Waals surface area (Å²) in [4.78, 5) is 49.4. The Morgan fingerprint density at radius 2 is 1.76 bits per heavy atom. The molecule has 0 radical (unpaired) electrons. The van der Waals surface area contributed by atoms with Crippen molar-refractivity contribution in [3.8, 4) is 0 Å². The summed E-state index contributed by atoms with van der Waals surface area (Å²) in [6.45, 7) is 4.25. The number of esters is 2. The first-order chi connectivity index (χ1) is 13.8. The Kier molecular flexibility index (Phi) is 7.83. The van der Waals surface area contributed by atoms with Crippen molar-refractivity contribution in [2.45, 2.75) is 38.8 Å². The quantitative estimate of drug-likeness (QED) is 0.387. The molecule has 1 aromatic rings. The number of benzene rings is 1. The van der Waals surface area contributed by atoms with Gasteiger partial charge in [-0.1, -0.05) is 30.3 Å². The molecule has 9 heteroatoms. The molecule has 29 heavy (non-hydrogen) atoms. The van der Waals surface area contributed by atoms with Crippen LogP contribution in [-0.4, -0.2) is 52.9 Å². The van der Waals surface area contributed by atoms with Gasteiger partial charge in [0.25, 0.3) is 11.8 Å². The van der Waals surface area contributed by atoms with Crippen molar-refractivity contribution in [1.29, 1.82) is 0 Å². The lowest BCUT2D eigenvalue weighted by molar-refractivity contribution is -0.154. The summed E-state index contributed by atoms with van der Waals surface area (Å²) in [6, 6.07) is 8.41. The second kappa shape index (κ2) is 10.1. The molecule has 1 saturated heterocycles. The minimum absolute atomic E-state index is 0.0883. The number of thioether (sulfide) groups is 1. The average molecular weight is 420 g/mol. The maximum atomic E-state index is 12.7. The van der Waals surface area contributed by atoms with Gasteiger partial charge in [0.05, 0.1) is 0 Å². The van der Waals surface area contributed by atoms with Gasteiger partial charge in [0.1, 0.15) is 23.7 Å². The van der Waals surface area contributed by atoms with Crippen LogP contribution in [-0.2, 0) is 35.3 Å². The minimum Gasteiger partial charge on any atom is -0.456 e. The van der Waals surface area contributed by atoms with Crippen LogP contribution in [0.25, 0.3) is 0 Å². The summed E-state index contributed by atoms with van der Waals surface area (Å²) < 4.78 is 10.0. The van der Waals surface area contributed by atoms with Crippen LogP contribution in [0.4, 0.5) is 0 Å². The van der Waals surface area contributed by atoms with Gasteiger partial charge in [-0.05, 0) is 31.2 Å². The molecule has 8 nitrogen and oxygen atoms in total. The molecule has 0 aliphatic carbocycles. The van der Waals surface area contributed by atoms with E-state index in [0.717, 1.165) is 5.56 Å². The van der Waals surface area contributed by atoms with Crippen LogP contribution in [0, 0.1) is 0 Å². The van der Waals surface area contributed by atoms with Crippen LogP contribution < -0.4 is 5.32 Å². The number of hydrogen-bond donors (Lipinski definition) is 1. The van der Waals surface area contributed by atoms with Crippen molar-refractivity contribution in [1.82, 2.24) is 10.2 Å². The molecule has 0 bridgehead atoms. The highest BCUT2D eigenvalue weighted by atomic mass is 32.2. The van der Waals surface area contributed by atoms with E-state index in [1.165, 1.54) is 23.6 Å². The Hall–Kier alpha value is -2.81. The molecule has 0 saturated carbocycles. The van der Waals surface area contributed by atoms with Gasteiger partial charge in [0.2, 0.25) is 0 Å². The van der Waals surface area contributed by atoms with Crippen LogP contribution in [0.1, 0.15) is 26.3 Å². The Morgan fingerprint density at radius 3 is 2.31 bits per heavy atom. The number of rotatable bonds is 8. The Balaban J connectivity index is 2.06. The zero-order valence-corrected chi connectivity index (χ0v) is 17.6. The number of allylic oxidation sites excluding steroid dienone is 1. The highest BCUT2D eigenvalue weighted by Crippen LogP contribution is 2.34. The van der Waals surface area contributed by atoms with Crippen LogP contribution in [0.3, 0.4) is 0 Å². The van der Waals surface area contributed by atoms with Gasteiger partial charge < -0.3 is 14.8 Å². The number of hydrogen-bond acceptors (Lipinski definition) is 7. The third kappa shape index (κ3) is 5.60. The SMILES string of the molecule is CS[C@H]1[C@@H](NC(=O)COC(C)=O)C(=O)N1C(C(=O)OCc1ccccc1)=C(C)C. The van der Waals surface area contributed by atoms with Gasteiger partial charge in [-0.15, -0.1) is 11.8 Å². The summed E-state index contributed by atoms with van der Waals surface area (Å²) in [5.74, 6) is -2.20. The highest BCUT2D eigenvalue weighted by molar-refractivity contribution is 7.99. The molecule has 156 valence electrons. The Bertz CT molecular complexity index is 820. The molecule has 0 spiro atoms. The molecule has 0 unspecified atom stereocenters. The predicted octanol–water partition coefficient (Wildman–Crippen LogP) is 1.60. The number of carbonyl (C=O) groups is 4. The van der Waals surface area contributed by atoms with E-state index in [9.17, 15) is 19.2 Å². The molecule has 2 amide bonds. The van der Waals surface area contributed by atoms with E-state index in [4.69, 9.17) is 4.74 Å². The number of β-lactam (4-membered cyclic amide) rings is 1. The van der Waals surface area contributed by atoms with Crippen molar-refractivity contribution in [3.05, 3.63) is 47.2 Å². The molecule has 2 atom stereocenters. The Morgan fingerprint density at radius 1 is 1.10 bits per heavy atom. The third-order valence-corrected chi connectivity index (χ3v) is 5.09. The Labute approximate surface area is 173 Å². The van der Waals surface area contributed by atoms with Crippen molar-refractivity contribution < 1.29 is 28.7 Å². The van der Waals surface area contributed by atoms with E-state index in [1.54, 1.807) is 20.1 Å². The second-order valence-electron chi connectivity index (χ2n) is 6.57. The molecular formula is C20H24N2O6S. The van der Waals surface area contributed by atoms with E-state index in [-0.39, 0.29) is 12.3 Å². The maximum Gasteiger partial charge on any atom is 0.355 e. The number of ether oxygens (including phenoxy) is 2. The van der Waals surface area contributed by atoms with E-state index in [1.807, 2.05) is 30.3 Å². The van der Waals surface area contributed by atoms with Crippen LogP contribution in [0.2, 0.25) is 0 Å². The van der Waals surface area contributed by atoms with Crippen molar-refractivity contribution in [2.75, 3.05) is 12.9 Å². The number of carbonyl (C=O) groups excluding carboxylic acids is 4. The van der Waals surface area contributed by atoms with Crippen molar-refractivity contribution >= 4 is 35.5 Å². The molecule has 1 N–H and O–H groups in total. The van der Waals surface area contributed by atoms with Crippen LogP contribution >= 0.6 is 11.8 Å². The molecule has 1 aliphatic rings. The van der Waals surface area contributed by atoms with Gasteiger partial charge in [0, 0.05) is 6.92 Å². The van der Waals surface area contributed by atoms with E-state index >= 15 is 0 Å². The molecular weight excluding hydrogens is 396 g/mol. The van der Waals surface area contributed by atoms with Gasteiger partial charge in [-0.3, -0.25) is 19.3 Å². The highest BCUT2D eigenvalue weighted by Gasteiger charge is 2.51. The van der Waals surface area contributed by atoms with Crippen LogP contribution in [0.15, 0.2) is 41.6 Å². The number of amides is 2. The predicted molar refractivity (Wildman–Crippen MR) is 107 cm³/mol. The van der Waals surface area contributed by atoms with Crippen molar-refractivity contribution in [2.24, 2.45) is 0 Å². The molecule has 1 heterocycles. The van der Waals surface area contributed by atoms with E-state index < -0.39 is 41.8 Å². The van der Waals surface area contributed by atoms with Gasteiger partial charge >= 0.3 is 11.9 Å². The second-order valence-corrected chi connectivity index (χ2v) is 7.52. The topological polar surface area (TPSA) is 102 Å². The maximum absolute atomic E-state index is 12.7. The molecule has 1 aromatic carbocycles. The number of nitrogens with one attached hydrogen (secondary N) is 1. The molecule has 0 aromatic heterocycles. The largest absolute Gasteiger partial charge is 0.456 e. The first kappa shape index (κ1) is 22.5. The minimum atomic E-state index is -0.815. The first-order valence-corrected chi connectivity index (χ1v) is 10.2. The fourth-order valence-electron chi connectivity index (χ4n) is 2.79. The summed E-state index contributed by atoms with van der Waals surface area (Å²) >= 11 is 1.32. The number of likely N-dealkylation sites (tertiary alicyclic amines) is 1. The monoisotopic (exact) mass is 420 g/mol. The average Bonchev–Trinajstić information content (AvgIpc) is 2.69. The van der Waals surface area contributed by atoms with Gasteiger partial charge in [-0.25, -0.2) is 4.79 Å². The smallest absolute Gasteiger partial charge is 0.355 e. The fourth-order valence-corrected chi connectivity index (χ4v) is 3.67. The zero-order chi connectivity index (χ0) is 21.6.